The van der Waals surface area contributed by atoms with E-state index < -0.39 is 0 Å². The van der Waals surface area contributed by atoms with Crippen LogP contribution < -0.4 is 16.4 Å². The van der Waals surface area contributed by atoms with Crippen LogP contribution in [0.5, 0.6) is 0 Å². The van der Waals surface area contributed by atoms with Crippen molar-refractivity contribution in [3.8, 4) is 0 Å². The summed E-state index contributed by atoms with van der Waals surface area (Å²) in [5, 5.41) is 6.86. The van der Waals surface area contributed by atoms with Crippen LogP contribution in [0.2, 0.25) is 0 Å². The molecule has 4 N–H and O–H groups in total. The Morgan fingerprint density at radius 1 is 1.25 bits per heavy atom. The van der Waals surface area contributed by atoms with Crippen LogP contribution in [0.1, 0.15) is 58.9 Å². The van der Waals surface area contributed by atoms with Crippen molar-refractivity contribution in [3.05, 3.63) is 28.4 Å². The van der Waals surface area contributed by atoms with Gasteiger partial charge in [-0.2, -0.15) is 0 Å². The predicted octanol–water partition coefficient (Wildman–Crippen LogP) is 2.75. The Kier molecular flexibility index (Phi) is 4.38. The van der Waals surface area contributed by atoms with Crippen molar-refractivity contribution in [2.24, 2.45) is 11.8 Å². The molecule has 2 amide bonds. The number of nitrogens with one attached hydrogen (secondary N) is 2. The molecular weight excluding hydrogens is 374 g/mol. The first kappa shape index (κ1) is 17.7. The molecule has 7 nitrogen and oxygen atoms in total. The first-order valence-electron chi connectivity index (χ1n) is 10.1. The number of aryl methyl sites for hydroxylation is 1. The van der Waals surface area contributed by atoms with E-state index in [9.17, 15) is 9.59 Å². The Morgan fingerprint density at radius 2 is 2.07 bits per heavy atom. The van der Waals surface area contributed by atoms with Gasteiger partial charge in [0.2, 0.25) is 5.91 Å². The molecule has 3 aliphatic rings. The van der Waals surface area contributed by atoms with Crippen LogP contribution in [0, 0.1) is 11.8 Å². The van der Waals surface area contributed by atoms with E-state index in [0.29, 0.717) is 17.4 Å². The van der Waals surface area contributed by atoms with Crippen molar-refractivity contribution in [2.45, 2.75) is 51.0 Å². The Morgan fingerprint density at radius 3 is 2.75 bits per heavy atom. The molecule has 2 fully saturated rings. The second-order valence-electron chi connectivity index (χ2n) is 8.21. The van der Waals surface area contributed by atoms with Gasteiger partial charge >= 0.3 is 0 Å². The summed E-state index contributed by atoms with van der Waals surface area (Å²) in [5.41, 5.74) is 7.74. The van der Waals surface area contributed by atoms with E-state index in [4.69, 9.17) is 5.73 Å². The number of imidazole rings is 1. The van der Waals surface area contributed by atoms with Gasteiger partial charge in [-0.25, -0.2) is 4.98 Å². The molecule has 8 heteroatoms. The van der Waals surface area contributed by atoms with Crippen molar-refractivity contribution >= 4 is 34.1 Å². The first-order chi connectivity index (χ1) is 13.6. The van der Waals surface area contributed by atoms with Crippen LogP contribution in [-0.4, -0.2) is 27.9 Å². The SMILES string of the molecule is Nc1nccn1[C@H]1CCc2sc(NC(=O)C3CC3)c(C(=O)NCC3CC3)c2C1. The summed E-state index contributed by atoms with van der Waals surface area (Å²) in [4.78, 5) is 30.8. The third-order valence-electron chi connectivity index (χ3n) is 5.99. The van der Waals surface area contributed by atoms with Crippen LogP contribution in [0.25, 0.3) is 0 Å². The molecule has 2 heterocycles. The highest BCUT2D eigenvalue weighted by Crippen LogP contribution is 2.42. The Balaban J connectivity index is 1.44. The van der Waals surface area contributed by atoms with Crippen LogP contribution in [0.15, 0.2) is 12.4 Å². The van der Waals surface area contributed by atoms with Crippen LogP contribution >= 0.6 is 11.3 Å². The smallest absolute Gasteiger partial charge is 0.254 e. The monoisotopic (exact) mass is 399 g/mol. The number of carbonyl (C=O) groups is 2. The van der Waals surface area contributed by atoms with Gasteiger partial charge in [-0.05, 0) is 56.4 Å². The van der Waals surface area contributed by atoms with Gasteiger partial charge in [0.25, 0.3) is 5.91 Å². The van der Waals surface area contributed by atoms with Gasteiger partial charge in [0.05, 0.1) is 5.56 Å². The van der Waals surface area contributed by atoms with Crippen LogP contribution in [-0.2, 0) is 17.6 Å². The van der Waals surface area contributed by atoms with E-state index in [1.165, 1.54) is 17.7 Å². The highest BCUT2D eigenvalue weighted by molar-refractivity contribution is 7.17. The Labute approximate surface area is 167 Å². The van der Waals surface area contributed by atoms with Gasteiger partial charge in [-0.15, -0.1) is 11.3 Å². The number of amides is 2. The summed E-state index contributed by atoms with van der Waals surface area (Å²) in [5.74, 6) is 1.21. The molecule has 0 spiro atoms. The minimum atomic E-state index is -0.0604. The zero-order valence-electron chi connectivity index (χ0n) is 15.7. The number of aromatic nitrogens is 2. The number of hydrogen-bond donors (Lipinski definition) is 3. The van der Waals surface area contributed by atoms with E-state index in [-0.39, 0.29) is 23.8 Å². The lowest BCUT2D eigenvalue weighted by Gasteiger charge is -2.25. The summed E-state index contributed by atoms with van der Waals surface area (Å²) in [6, 6.07) is 0.187. The summed E-state index contributed by atoms with van der Waals surface area (Å²) >= 11 is 1.57. The molecule has 3 aliphatic carbocycles. The lowest BCUT2D eigenvalue weighted by atomic mass is 9.91. The van der Waals surface area contributed by atoms with Crippen LogP contribution in [0.4, 0.5) is 10.9 Å². The summed E-state index contributed by atoms with van der Waals surface area (Å²) in [6.45, 7) is 0.720. The van der Waals surface area contributed by atoms with E-state index in [1.807, 2.05) is 10.8 Å². The van der Waals surface area contributed by atoms with Crippen molar-refractivity contribution in [2.75, 3.05) is 17.6 Å². The fourth-order valence-electron chi connectivity index (χ4n) is 3.97. The molecular formula is C20H25N5O2S. The summed E-state index contributed by atoms with van der Waals surface area (Å²) < 4.78 is 1.99. The molecule has 5 rings (SSSR count). The number of carbonyl (C=O) groups excluding carboxylic acids is 2. The third kappa shape index (κ3) is 3.41. The molecule has 0 unspecified atom stereocenters. The largest absolute Gasteiger partial charge is 0.369 e. The van der Waals surface area contributed by atoms with Gasteiger partial charge in [0.15, 0.2) is 5.95 Å². The highest BCUT2D eigenvalue weighted by atomic mass is 32.1. The minimum Gasteiger partial charge on any atom is -0.369 e. The number of hydrogen-bond acceptors (Lipinski definition) is 5. The molecule has 0 saturated heterocycles. The topological polar surface area (TPSA) is 102 Å². The maximum Gasteiger partial charge on any atom is 0.254 e. The number of nitrogen functional groups attached to an aromatic ring is 1. The number of rotatable bonds is 6. The molecule has 2 aromatic rings. The van der Waals surface area contributed by atoms with Gasteiger partial charge < -0.3 is 20.9 Å². The van der Waals surface area contributed by atoms with Gasteiger partial charge in [0, 0.05) is 35.8 Å². The second-order valence-corrected chi connectivity index (χ2v) is 9.32. The van der Waals surface area contributed by atoms with Crippen molar-refractivity contribution in [1.82, 2.24) is 14.9 Å². The molecule has 148 valence electrons. The first-order valence-corrected chi connectivity index (χ1v) is 10.9. The lowest BCUT2D eigenvalue weighted by Crippen LogP contribution is -2.28. The van der Waals surface area contributed by atoms with E-state index in [2.05, 4.69) is 15.6 Å². The van der Waals surface area contributed by atoms with Crippen molar-refractivity contribution in [3.63, 3.8) is 0 Å². The zero-order chi connectivity index (χ0) is 19.3. The molecule has 0 bridgehead atoms. The molecule has 2 aromatic heterocycles. The van der Waals surface area contributed by atoms with Gasteiger partial charge in [-0.1, -0.05) is 0 Å². The molecule has 0 aromatic carbocycles. The standard InChI is InChI=1S/C20H25N5O2S/c21-20-22-7-8-25(20)13-5-6-15-14(9-13)16(18(27)23-10-11-1-2-11)19(28-15)24-17(26)12-3-4-12/h7-8,11-13H,1-6,9-10H2,(H2,21,22)(H,23,27)(H,24,26)/t13-/m0/s1. The second kappa shape index (κ2) is 6.92. The fourth-order valence-corrected chi connectivity index (χ4v) is 5.22. The van der Waals surface area contributed by atoms with Crippen LogP contribution in [0.3, 0.4) is 0 Å². The summed E-state index contributed by atoms with van der Waals surface area (Å²) in [7, 11) is 0. The Hall–Kier alpha value is -2.35. The quantitative estimate of drug-likeness (QED) is 0.695. The summed E-state index contributed by atoms with van der Waals surface area (Å²) in [6.07, 6.45) is 10.5. The van der Waals surface area contributed by atoms with Gasteiger partial charge in [-0.3, -0.25) is 9.59 Å². The van der Waals surface area contributed by atoms with E-state index in [1.54, 1.807) is 17.5 Å². The number of nitrogens with two attached hydrogens (primary N) is 1. The number of fused-ring (bicyclic) bond motifs is 1. The molecule has 0 aliphatic heterocycles. The maximum atomic E-state index is 13.1. The molecule has 2 saturated carbocycles. The zero-order valence-corrected chi connectivity index (χ0v) is 16.6. The number of thiophene rings is 1. The van der Waals surface area contributed by atoms with Gasteiger partial charge in [0.1, 0.15) is 5.00 Å². The fraction of sp³-hybridized carbons (Fsp3) is 0.550. The van der Waals surface area contributed by atoms with Crippen molar-refractivity contribution < 1.29 is 9.59 Å². The maximum absolute atomic E-state index is 13.1. The average Bonchev–Trinajstić information content (AvgIpc) is 3.60. The Bertz CT molecular complexity index is 925. The molecule has 1 atom stereocenters. The number of nitrogens with zero attached hydrogens (tertiary/aromatic N) is 2. The number of anilines is 2. The normalized spacial score (nSPS) is 21.2. The predicted molar refractivity (Wildman–Crippen MR) is 108 cm³/mol. The lowest BCUT2D eigenvalue weighted by molar-refractivity contribution is -0.117. The highest BCUT2D eigenvalue weighted by Gasteiger charge is 2.34. The van der Waals surface area contributed by atoms with Crippen molar-refractivity contribution in [1.29, 1.82) is 0 Å². The molecule has 0 radical (unpaired) electrons. The van der Waals surface area contributed by atoms with E-state index in [0.717, 1.165) is 49.2 Å². The third-order valence-corrected chi connectivity index (χ3v) is 7.19. The minimum absolute atomic E-state index is 0.0465. The van der Waals surface area contributed by atoms with E-state index >= 15 is 0 Å². The molecule has 28 heavy (non-hydrogen) atoms. The average molecular weight is 400 g/mol.